The third-order valence-corrected chi connectivity index (χ3v) is 13.6. The van der Waals surface area contributed by atoms with Crippen LogP contribution in [0, 0.1) is 23.6 Å². The molecule has 0 saturated heterocycles. The van der Waals surface area contributed by atoms with Gasteiger partial charge in [-0.25, -0.2) is 0 Å². The monoisotopic (exact) mass is 773 g/mol. The van der Waals surface area contributed by atoms with Gasteiger partial charge in [-0.1, -0.05) is 125 Å². The summed E-state index contributed by atoms with van der Waals surface area (Å²) in [6.07, 6.45) is 22.4. The molecule has 0 aromatic heterocycles. The van der Waals surface area contributed by atoms with Crippen molar-refractivity contribution in [3.63, 3.8) is 0 Å². The number of hydrogen-bond donors (Lipinski definition) is 1. The fraction of sp³-hybridized carbons (Fsp3) is 0.512. The molecule has 0 radical (unpaired) electrons. The molecule has 1 N–H and O–H groups in total. The van der Waals surface area contributed by atoms with Gasteiger partial charge in [-0.05, 0) is 73.9 Å². The summed E-state index contributed by atoms with van der Waals surface area (Å²) in [6.45, 7) is 17.9. The summed E-state index contributed by atoms with van der Waals surface area (Å²) in [5.41, 5.74) is 4.26. The van der Waals surface area contributed by atoms with Crippen molar-refractivity contribution in [3.8, 4) is 5.66 Å². The molecule has 49 heavy (non-hydrogen) atoms. The maximum absolute atomic E-state index is 8.94. The Bertz CT molecular complexity index is 1180. The quantitative estimate of drug-likeness (QED) is 0.0962. The molecular formula is C43H63N3P2Zr+2. The first-order valence-corrected chi connectivity index (χ1v) is 20.9. The molecule has 2 fully saturated rings. The second-order valence-corrected chi connectivity index (χ2v) is 17.6. The van der Waals surface area contributed by atoms with Gasteiger partial charge < -0.3 is 17.5 Å². The summed E-state index contributed by atoms with van der Waals surface area (Å²) in [5, 5.41) is 11.3. The summed E-state index contributed by atoms with van der Waals surface area (Å²) < 4.78 is 5.00. The third kappa shape index (κ3) is 16.6. The van der Waals surface area contributed by atoms with Crippen molar-refractivity contribution in [3.05, 3.63) is 103 Å². The zero-order chi connectivity index (χ0) is 35.3. The van der Waals surface area contributed by atoms with Gasteiger partial charge in [0.25, 0.3) is 0 Å². The first-order valence-electron chi connectivity index (χ1n) is 18.3. The van der Waals surface area contributed by atoms with Crippen LogP contribution >= 0.6 is 16.1 Å². The molecule has 3 aromatic rings. The average Bonchev–Trinajstić information content (AvgIpc) is 3.86. The molecule has 2 saturated carbocycles. The van der Waals surface area contributed by atoms with E-state index in [1.807, 2.05) is 60.7 Å². The summed E-state index contributed by atoms with van der Waals surface area (Å²) in [5.74, 6) is 0. The van der Waals surface area contributed by atoms with Gasteiger partial charge in [0.2, 0.25) is 0 Å². The summed E-state index contributed by atoms with van der Waals surface area (Å²) >= 11 is 0. The Kier molecular flexibility index (Phi) is 24.5. The number of hydrogen-bond acceptors (Lipinski definition) is 3. The predicted octanol–water partition coefficient (Wildman–Crippen LogP) is 11.9. The normalized spacial score (nSPS) is 13.9. The van der Waals surface area contributed by atoms with E-state index in [1.165, 1.54) is 74.8 Å². The Labute approximate surface area is 323 Å². The van der Waals surface area contributed by atoms with Crippen LogP contribution in [0.3, 0.4) is 0 Å². The van der Waals surface area contributed by atoms with Crippen molar-refractivity contribution in [1.82, 2.24) is 9.34 Å². The van der Waals surface area contributed by atoms with E-state index in [9.17, 15) is 0 Å². The summed E-state index contributed by atoms with van der Waals surface area (Å²) in [6, 6.07) is 32.9. The Morgan fingerprint density at radius 1 is 0.592 bits per heavy atom. The zero-order valence-corrected chi connectivity index (χ0v) is 36.0. The molecule has 3 nitrogen and oxygen atoms in total. The molecule has 0 aliphatic heterocycles. The molecule has 6 heteroatoms. The fourth-order valence-corrected chi connectivity index (χ4v) is 10.6. The molecule has 0 spiro atoms. The van der Waals surface area contributed by atoms with Crippen molar-refractivity contribution in [2.24, 2.45) is 0 Å². The van der Waals surface area contributed by atoms with Crippen molar-refractivity contribution >= 4 is 32.2 Å². The molecule has 0 atom stereocenters. The van der Waals surface area contributed by atoms with E-state index in [1.54, 1.807) is 0 Å². The van der Waals surface area contributed by atoms with E-state index >= 15 is 0 Å². The smallest absolute Gasteiger partial charge is 0.688 e. The third-order valence-electron chi connectivity index (χ3n) is 8.36. The van der Waals surface area contributed by atoms with Crippen LogP contribution in [0.1, 0.15) is 125 Å². The van der Waals surface area contributed by atoms with E-state index in [0.717, 1.165) is 5.56 Å². The molecule has 0 bridgehead atoms. The van der Waals surface area contributed by atoms with Crippen LogP contribution in [0.5, 0.6) is 0 Å². The van der Waals surface area contributed by atoms with Crippen LogP contribution in [-0.2, 0) is 26.2 Å². The molecule has 0 unspecified atom stereocenters. The largest absolute Gasteiger partial charge is 4.00 e. The Hall–Kier alpha value is -1.45. The van der Waals surface area contributed by atoms with Gasteiger partial charge in [-0.15, -0.1) is 35.9 Å². The first-order chi connectivity index (χ1) is 23.1. The van der Waals surface area contributed by atoms with Gasteiger partial charge >= 0.3 is 26.2 Å². The molecule has 5 rings (SSSR count). The van der Waals surface area contributed by atoms with Gasteiger partial charge in [0.15, 0.2) is 0 Å². The maximum Gasteiger partial charge on any atom is 4.00 e. The molecule has 3 aromatic carbocycles. The topological polar surface area (TPSA) is 30.3 Å². The van der Waals surface area contributed by atoms with Crippen molar-refractivity contribution in [2.75, 3.05) is 0 Å². The van der Waals surface area contributed by atoms with Gasteiger partial charge in [-0.2, -0.15) is 0 Å². The first kappa shape index (κ1) is 45.6. The number of benzene rings is 3. The van der Waals surface area contributed by atoms with E-state index in [2.05, 4.69) is 101 Å². The minimum atomic E-state index is -0.864. The second-order valence-electron chi connectivity index (χ2n) is 13.7. The van der Waals surface area contributed by atoms with E-state index < -0.39 is 16.1 Å². The summed E-state index contributed by atoms with van der Waals surface area (Å²) in [7, 11) is -1.60. The minimum Gasteiger partial charge on any atom is -0.688 e. The van der Waals surface area contributed by atoms with Crippen LogP contribution in [0.25, 0.3) is 0 Å². The van der Waals surface area contributed by atoms with Crippen LogP contribution in [0.15, 0.2) is 84.9 Å². The molecule has 2 aliphatic rings. The number of rotatable bonds is 10. The predicted molar refractivity (Wildman–Crippen MR) is 216 cm³/mol. The zero-order valence-electron chi connectivity index (χ0n) is 31.8. The van der Waals surface area contributed by atoms with E-state index in [0.29, 0.717) is 29.6 Å². The maximum atomic E-state index is 8.94. The molecular weight excluding hydrogens is 712 g/mol. The van der Waals surface area contributed by atoms with E-state index in [4.69, 9.17) is 11.8 Å². The molecule has 0 amide bonds. The molecule has 262 valence electrons. The Balaban J connectivity index is 0.000000388. The van der Waals surface area contributed by atoms with E-state index in [-0.39, 0.29) is 26.2 Å². The number of nitrogens with zero attached hydrogens (tertiary/aromatic N) is 2. The van der Waals surface area contributed by atoms with Crippen molar-refractivity contribution in [1.29, 1.82) is 5.41 Å². The Morgan fingerprint density at radius 3 is 1.18 bits per heavy atom. The minimum absolute atomic E-state index is 0. The van der Waals surface area contributed by atoms with Gasteiger partial charge in [0.05, 0.1) is 0 Å². The van der Waals surface area contributed by atoms with Gasteiger partial charge in [0.1, 0.15) is 0 Å². The summed E-state index contributed by atoms with van der Waals surface area (Å²) in [4.78, 5) is 0. The van der Waals surface area contributed by atoms with Gasteiger partial charge in [-0.3, -0.25) is 9.34 Å². The standard InChI is InChI=1S/C19H33N3P.C14H10P.2C5H10.Zr/c1-14(2)21(15(3)4)23(22(16(5)6)17(7)8)19(20)18-12-10-9-11-13-18;1-2-15(13-9-5-3-6-10-13)14-11-7-4-8-12-14;2*1-2-4-5-3-1;/h9-12,14-17,20H,1-8H3;3-12H;2*1-5H2;/q2*-1;;;+4. The van der Waals surface area contributed by atoms with Crippen LogP contribution in [0.2, 0.25) is 0 Å². The fourth-order valence-electron chi connectivity index (χ4n) is 6.27. The van der Waals surface area contributed by atoms with Crippen LogP contribution < -0.4 is 10.6 Å². The van der Waals surface area contributed by atoms with Crippen molar-refractivity contribution in [2.45, 2.75) is 144 Å². The van der Waals surface area contributed by atoms with Gasteiger partial charge in [0, 0.05) is 37.8 Å². The van der Waals surface area contributed by atoms with Crippen LogP contribution in [-0.4, -0.2) is 39.0 Å². The average molecular weight is 775 g/mol. The molecule has 2 aliphatic carbocycles. The number of nitrogens with one attached hydrogen (secondary N) is 1. The SMILES string of the molecule is C1CCCC1.C1CCCC1.CC(C)N(C(C)C)P(C(=N)c1[c-]cccc1)N(C(C)C)C(C)C.[C-]#CP(c1ccccc1)c1ccccc1.[Zr+4]. The second kappa shape index (κ2) is 26.3. The van der Waals surface area contributed by atoms with Crippen molar-refractivity contribution < 1.29 is 26.2 Å². The molecule has 0 heterocycles. The Morgan fingerprint density at radius 2 is 0.918 bits per heavy atom. The van der Waals surface area contributed by atoms with Crippen LogP contribution in [0.4, 0.5) is 0 Å².